The summed E-state index contributed by atoms with van der Waals surface area (Å²) in [7, 11) is 1.51. The van der Waals surface area contributed by atoms with Crippen LogP contribution in [0.25, 0.3) is 10.9 Å². The monoisotopic (exact) mass is 870 g/mol. The van der Waals surface area contributed by atoms with E-state index in [0.717, 1.165) is 55.6 Å². The molecule has 4 aromatic rings. The van der Waals surface area contributed by atoms with E-state index in [4.69, 9.17) is 21.3 Å². The fraction of sp³-hybridized carbons (Fsp3) is 0.477. The van der Waals surface area contributed by atoms with Crippen LogP contribution in [-0.2, 0) is 20.9 Å². The number of piperidine rings is 2. The van der Waals surface area contributed by atoms with Gasteiger partial charge >= 0.3 is 0 Å². The number of fused-ring (bicyclic) bond motifs is 2. The minimum absolute atomic E-state index is 0.0221. The van der Waals surface area contributed by atoms with Crippen LogP contribution in [-0.4, -0.2) is 112 Å². The summed E-state index contributed by atoms with van der Waals surface area (Å²) in [6, 6.07) is 9.38. The predicted molar refractivity (Wildman–Crippen MR) is 234 cm³/mol. The van der Waals surface area contributed by atoms with E-state index in [1.165, 1.54) is 18.0 Å². The first kappa shape index (κ1) is 42.9. The van der Waals surface area contributed by atoms with Crippen molar-refractivity contribution in [1.29, 1.82) is 0 Å². The Labute approximate surface area is 363 Å². The number of carbonyl (C=O) groups excluding carboxylic acids is 4. The van der Waals surface area contributed by atoms with Gasteiger partial charge in [-0.25, -0.2) is 9.37 Å². The molecule has 62 heavy (non-hydrogen) atoms. The molecule has 3 saturated heterocycles. The largest absolute Gasteiger partial charge is 0.478 e. The fourth-order valence-corrected chi connectivity index (χ4v) is 9.58. The summed E-state index contributed by atoms with van der Waals surface area (Å²) in [5.41, 5.74) is 2.43. The van der Waals surface area contributed by atoms with Crippen LogP contribution < -0.4 is 36.0 Å². The molecule has 4 aliphatic rings. The number of carbonyl (C=O) groups is 4. The molecular formula is C44H52ClFN10O6. The lowest BCUT2D eigenvalue weighted by Gasteiger charge is -2.50. The van der Waals surface area contributed by atoms with Crippen LogP contribution in [0.5, 0.6) is 5.75 Å². The number of piperazine rings is 1. The molecule has 0 radical (unpaired) electrons. The SMILES string of the molecule is CNC(=O)COc1cc2cc(Nc3nc(N4CCN(C(C)(C)C5CCN(c6ccc(F)c7c6CN(C6CCC(=O)NC6=O)C7=O)CC5)CC4)ncc3Cl)ccc2n(C(C)C)c1=O. The number of likely N-dealkylation sites (N-methyl/N-ethyl adjacent to an activating group) is 1. The summed E-state index contributed by atoms with van der Waals surface area (Å²) in [6.07, 6.45) is 3.78. The van der Waals surface area contributed by atoms with Crippen molar-refractivity contribution in [3.05, 3.63) is 74.9 Å². The molecule has 6 heterocycles. The second-order valence-electron chi connectivity index (χ2n) is 17.2. The van der Waals surface area contributed by atoms with Crippen molar-refractivity contribution in [2.24, 2.45) is 5.92 Å². The zero-order chi connectivity index (χ0) is 44.0. The highest BCUT2D eigenvalue weighted by atomic mass is 35.5. The van der Waals surface area contributed by atoms with Gasteiger partial charge in [-0.15, -0.1) is 0 Å². The Kier molecular flexibility index (Phi) is 11.9. The maximum atomic E-state index is 15.2. The molecule has 0 spiro atoms. The number of ether oxygens (including phenoxy) is 1. The van der Waals surface area contributed by atoms with Crippen LogP contribution in [0.15, 0.2) is 47.4 Å². The lowest BCUT2D eigenvalue weighted by Crippen LogP contribution is -2.59. The van der Waals surface area contributed by atoms with Crippen molar-refractivity contribution in [2.45, 2.75) is 77.5 Å². The smallest absolute Gasteiger partial charge is 0.293 e. The van der Waals surface area contributed by atoms with E-state index in [1.807, 2.05) is 32.0 Å². The molecule has 3 N–H and O–H groups in total. The van der Waals surface area contributed by atoms with Gasteiger partial charge in [-0.1, -0.05) is 11.6 Å². The van der Waals surface area contributed by atoms with Crippen molar-refractivity contribution in [3.63, 3.8) is 0 Å². The Bertz CT molecular complexity index is 2500. The van der Waals surface area contributed by atoms with Crippen molar-refractivity contribution in [3.8, 4) is 5.75 Å². The molecule has 2 aromatic carbocycles. The summed E-state index contributed by atoms with van der Waals surface area (Å²) in [4.78, 5) is 80.7. The number of nitrogens with zero attached hydrogens (tertiary/aromatic N) is 7. The number of amides is 4. The third-order valence-corrected chi connectivity index (χ3v) is 13.3. The van der Waals surface area contributed by atoms with E-state index in [0.29, 0.717) is 47.0 Å². The number of hydrogen-bond acceptors (Lipinski definition) is 12. The number of hydrogen-bond donors (Lipinski definition) is 3. The number of anilines is 4. The molecular weight excluding hydrogens is 819 g/mol. The number of nitrogens with one attached hydrogen (secondary N) is 3. The van der Waals surface area contributed by atoms with Crippen LogP contribution in [0.3, 0.4) is 0 Å². The fourth-order valence-electron chi connectivity index (χ4n) is 9.45. The number of pyridine rings is 1. The summed E-state index contributed by atoms with van der Waals surface area (Å²) < 4.78 is 22.4. The number of rotatable bonds is 11. The van der Waals surface area contributed by atoms with Gasteiger partial charge in [0.05, 0.1) is 17.3 Å². The lowest BCUT2D eigenvalue weighted by molar-refractivity contribution is -0.137. The Balaban J connectivity index is 0.901. The molecule has 0 aliphatic carbocycles. The zero-order valence-electron chi connectivity index (χ0n) is 35.6. The number of halogens is 2. The van der Waals surface area contributed by atoms with E-state index in [-0.39, 0.29) is 66.3 Å². The van der Waals surface area contributed by atoms with Gasteiger partial charge in [-0.2, -0.15) is 4.98 Å². The Morgan fingerprint density at radius 2 is 1.74 bits per heavy atom. The van der Waals surface area contributed by atoms with Crippen LogP contribution >= 0.6 is 11.6 Å². The zero-order valence-corrected chi connectivity index (χ0v) is 36.4. The molecule has 4 amide bonds. The highest BCUT2D eigenvalue weighted by Crippen LogP contribution is 2.40. The standard InChI is InChI=1S/C44H52ClFN10O6/c1-25(2)56-32-8-6-28(20-26(32)21-35(41(56)60)62-24-37(58)47-5)49-39-30(45)22-48-43(51-39)53-16-18-54(19-17-53)44(3,4)27-12-14-52(15-13-27)33-9-7-31(46)38-29(33)23-55(42(38)61)34-10-11-36(57)50-40(34)59/h6-9,20-22,25,27,34H,10-19,23-24H2,1-5H3,(H,47,58)(H,48,49,51)(H,50,57,59). The average molecular weight is 871 g/mol. The lowest BCUT2D eigenvalue weighted by atomic mass is 9.78. The van der Waals surface area contributed by atoms with Crippen LogP contribution in [0.2, 0.25) is 5.02 Å². The van der Waals surface area contributed by atoms with Gasteiger partial charge in [-0.05, 0) is 89.3 Å². The highest BCUT2D eigenvalue weighted by molar-refractivity contribution is 6.33. The first-order valence-corrected chi connectivity index (χ1v) is 21.6. The molecule has 0 bridgehead atoms. The van der Waals surface area contributed by atoms with Gasteiger partial charge in [-0.3, -0.25) is 34.2 Å². The predicted octanol–water partition coefficient (Wildman–Crippen LogP) is 4.61. The van der Waals surface area contributed by atoms with E-state index in [9.17, 15) is 24.0 Å². The van der Waals surface area contributed by atoms with Gasteiger partial charge in [0.25, 0.3) is 17.4 Å². The molecule has 2 aromatic heterocycles. The molecule has 1 unspecified atom stereocenters. The second kappa shape index (κ2) is 17.2. The van der Waals surface area contributed by atoms with Crippen LogP contribution in [0.1, 0.15) is 75.3 Å². The van der Waals surface area contributed by atoms with Gasteiger partial charge < -0.3 is 34.6 Å². The van der Waals surface area contributed by atoms with Crippen molar-refractivity contribution in [2.75, 3.05) is 68.0 Å². The van der Waals surface area contributed by atoms with E-state index >= 15 is 4.39 Å². The number of imide groups is 1. The van der Waals surface area contributed by atoms with E-state index in [1.54, 1.807) is 22.9 Å². The quantitative estimate of drug-likeness (QED) is 0.179. The summed E-state index contributed by atoms with van der Waals surface area (Å²) in [5, 5.41) is 9.24. The van der Waals surface area contributed by atoms with Gasteiger partial charge in [0, 0.05) is 93.2 Å². The van der Waals surface area contributed by atoms with Crippen molar-refractivity contribution < 1.29 is 28.3 Å². The minimum Gasteiger partial charge on any atom is -0.478 e. The highest BCUT2D eigenvalue weighted by Gasteiger charge is 2.43. The third-order valence-electron chi connectivity index (χ3n) is 13.0. The van der Waals surface area contributed by atoms with E-state index < -0.39 is 23.7 Å². The Morgan fingerprint density at radius 3 is 2.44 bits per heavy atom. The molecule has 328 valence electrons. The molecule has 4 aliphatic heterocycles. The Morgan fingerprint density at radius 1 is 1.00 bits per heavy atom. The first-order chi connectivity index (χ1) is 29.6. The first-order valence-electron chi connectivity index (χ1n) is 21.2. The summed E-state index contributed by atoms with van der Waals surface area (Å²) in [5.74, 6) is -0.855. The maximum Gasteiger partial charge on any atom is 0.293 e. The van der Waals surface area contributed by atoms with Crippen LogP contribution in [0, 0.1) is 11.7 Å². The summed E-state index contributed by atoms with van der Waals surface area (Å²) in [6.45, 7) is 12.8. The molecule has 1 atom stereocenters. The molecule has 0 saturated carbocycles. The maximum absolute atomic E-state index is 15.2. The van der Waals surface area contributed by atoms with Gasteiger partial charge in [0.15, 0.2) is 18.2 Å². The number of benzene rings is 2. The molecule has 18 heteroatoms. The summed E-state index contributed by atoms with van der Waals surface area (Å²) >= 11 is 6.63. The van der Waals surface area contributed by atoms with Gasteiger partial charge in [0.2, 0.25) is 17.8 Å². The molecule has 3 fully saturated rings. The average Bonchev–Trinajstić information content (AvgIpc) is 3.60. The Hall–Kier alpha value is -5.81. The molecule has 8 rings (SSSR count). The van der Waals surface area contributed by atoms with Crippen molar-refractivity contribution in [1.82, 2.24) is 35.0 Å². The second-order valence-corrected chi connectivity index (χ2v) is 17.6. The van der Waals surface area contributed by atoms with E-state index in [2.05, 4.69) is 49.5 Å². The van der Waals surface area contributed by atoms with Gasteiger partial charge in [0.1, 0.15) is 16.9 Å². The molecule has 16 nitrogen and oxygen atoms in total. The topological polar surface area (TPSA) is 174 Å². The van der Waals surface area contributed by atoms with Crippen LogP contribution in [0.4, 0.5) is 27.5 Å². The third kappa shape index (κ3) is 8.15. The van der Waals surface area contributed by atoms with Crippen molar-refractivity contribution >= 4 is 69.3 Å². The number of aromatic nitrogens is 3. The minimum atomic E-state index is -0.805. The normalized spacial score (nSPS) is 19.0.